The molecule has 0 bridgehead atoms. The van der Waals surface area contributed by atoms with Crippen molar-refractivity contribution in [3.05, 3.63) is 48.6 Å². The highest BCUT2D eigenvalue weighted by Gasteiger charge is 2.29. The summed E-state index contributed by atoms with van der Waals surface area (Å²) in [5.41, 5.74) is 1.16. The summed E-state index contributed by atoms with van der Waals surface area (Å²) in [7, 11) is 0. The van der Waals surface area contributed by atoms with Crippen LogP contribution in [0.5, 0.6) is 0 Å². The number of benzene rings is 1. The molecule has 84 valence electrons. The molecule has 1 atom stereocenters. The molecule has 0 saturated carbocycles. The molecule has 1 unspecified atom stereocenters. The lowest BCUT2D eigenvalue weighted by atomic mass is 10.1. The van der Waals surface area contributed by atoms with E-state index in [1.165, 1.54) is 0 Å². The van der Waals surface area contributed by atoms with Crippen LogP contribution in [0.15, 0.2) is 43.0 Å². The van der Waals surface area contributed by atoms with E-state index >= 15 is 0 Å². The van der Waals surface area contributed by atoms with Gasteiger partial charge in [-0.2, -0.15) is 0 Å². The van der Waals surface area contributed by atoms with E-state index < -0.39 is 0 Å². The van der Waals surface area contributed by atoms with Crippen molar-refractivity contribution in [3.8, 4) is 0 Å². The summed E-state index contributed by atoms with van der Waals surface area (Å²) < 4.78 is 0. The minimum atomic E-state index is 0.0238. The van der Waals surface area contributed by atoms with Gasteiger partial charge in [0.25, 0.3) is 0 Å². The van der Waals surface area contributed by atoms with E-state index in [1.807, 2.05) is 41.3 Å². The van der Waals surface area contributed by atoms with Crippen molar-refractivity contribution in [2.24, 2.45) is 0 Å². The fourth-order valence-electron chi connectivity index (χ4n) is 1.97. The monoisotopic (exact) mass is 216 g/mol. The molecule has 1 saturated heterocycles. The number of urea groups is 1. The number of hydrogen-bond acceptors (Lipinski definition) is 1. The molecule has 2 rings (SSSR count). The number of carbonyl (C=O) groups excluding carboxylic acids is 1. The standard InChI is InChI=1S/C13H16N2O/c1-2-6-12-9-14-13(16)15(12)10-11-7-4-3-5-8-11/h2-5,7-8,12H,1,6,9-10H2,(H,14,16). The van der Waals surface area contributed by atoms with Gasteiger partial charge in [0.1, 0.15) is 0 Å². The Morgan fingerprint density at radius 1 is 1.44 bits per heavy atom. The quantitative estimate of drug-likeness (QED) is 0.768. The van der Waals surface area contributed by atoms with E-state index in [9.17, 15) is 4.79 Å². The lowest BCUT2D eigenvalue weighted by Crippen LogP contribution is -2.33. The Balaban J connectivity index is 2.07. The van der Waals surface area contributed by atoms with Crippen molar-refractivity contribution in [3.63, 3.8) is 0 Å². The van der Waals surface area contributed by atoms with Gasteiger partial charge in [0.05, 0.1) is 6.04 Å². The topological polar surface area (TPSA) is 32.3 Å². The first-order chi connectivity index (χ1) is 7.81. The first-order valence-corrected chi connectivity index (χ1v) is 5.50. The normalized spacial score (nSPS) is 19.6. The molecule has 3 nitrogen and oxygen atoms in total. The molecule has 1 fully saturated rings. The summed E-state index contributed by atoms with van der Waals surface area (Å²) in [6.45, 7) is 5.12. The van der Waals surface area contributed by atoms with Crippen LogP contribution in [0, 0.1) is 0 Å². The van der Waals surface area contributed by atoms with E-state index in [0.717, 1.165) is 18.5 Å². The summed E-state index contributed by atoms with van der Waals surface area (Å²) in [5.74, 6) is 0. The van der Waals surface area contributed by atoms with E-state index in [-0.39, 0.29) is 12.1 Å². The van der Waals surface area contributed by atoms with Crippen molar-refractivity contribution in [2.75, 3.05) is 6.54 Å². The first-order valence-electron chi connectivity index (χ1n) is 5.50. The molecule has 0 aliphatic carbocycles. The third-order valence-electron chi connectivity index (χ3n) is 2.83. The summed E-state index contributed by atoms with van der Waals surface area (Å²) in [6.07, 6.45) is 2.70. The predicted octanol–water partition coefficient (Wildman–Crippen LogP) is 2.16. The zero-order valence-electron chi connectivity index (χ0n) is 9.23. The van der Waals surface area contributed by atoms with Gasteiger partial charge in [0, 0.05) is 13.1 Å². The lowest BCUT2D eigenvalue weighted by molar-refractivity contribution is 0.201. The van der Waals surface area contributed by atoms with E-state index in [0.29, 0.717) is 6.54 Å². The van der Waals surface area contributed by atoms with Crippen LogP contribution >= 0.6 is 0 Å². The maximum atomic E-state index is 11.6. The molecule has 1 heterocycles. The molecule has 2 amide bonds. The minimum Gasteiger partial charge on any atom is -0.336 e. The average Bonchev–Trinajstić information content (AvgIpc) is 2.64. The second kappa shape index (κ2) is 4.84. The van der Waals surface area contributed by atoms with Crippen molar-refractivity contribution >= 4 is 6.03 Å². The smallest absolute Gasteiger partial charge is 0.318 e. The van der Waals surface area contributed by atoms with Gasteiger partial charge < -0.3 is 10.2 Å². The molecule has 1 aromatic rings. The van der Waals surface area contributed by atoms with Gasteiger partial charge in [-0.1, -0.05) is 36.4 Å². The van der Waals surface area contributed by atoms with Crippen molar-refractivity contribution in [2.45, 2.75) is 19.0 Å². The highest BCUT2D eigenvalue weighted by molar-refractivity contribution is 5.76. The van der Waals surface area contributed by atoms with E-state index in [2.05, 4.69) is 11.9 Å². The average molecular weight is 216 g/mol. The van der Waals surface area contributed by atoms with Crippen molar-refractivity contribution in [1.82, 2.24) is 10.2 Å². The van der Waals surface area contributed by atoms with Gasteiger partial charge in [-0.25, -0.2) is 4.79 Å². The van der Waals surface area contributed by atoms with Gasteiger partial charge in [-0.3, -0.25) is 0 Å². The van der Waals surface area contributed by atoms with Crippen LogP contribution in [0.1, 0.15) is 12.0 Å². The molecular formula is C13H16N2O. The molecule has 0 radical (unpaired) electrons. The molecule has 3 heteroatoms. The van der Waals surface area contributed by atoms with Gasteiger partial charge in [0.15, 0.2) is 0 Å². The highest BCUT2D eigenvalue weighted by Crippen LogP contribution is 2.15. The van der Waals surface area contributed by atoms with E-state index in [1.54, 1.807) is 0 Å². The summed E-state index contributed by atoms with van der Waals surface area (Å²) in [4.78, 5) is 13.5. The fraction of sp³-hybridized carbons (Fsp3) is 0.308. The molecule has 1 aliphatic rings. The third kappa shape index (κ3) is 2.24. The Bertz CT molecular complexity index is 375. The van der Waals surface area contributed by atoms with Crippen LogP contribution in [0.2, 0.25) is 0 Å². The number of hydrogen-bond donors (Lipinski definition) is 1. The molecule has 16 heavy (non-hydrogen) atoms. The van der Waals surface area contributed by atoms with Gasteiger partial charge >= 0.3 is 6.03 Å². The Morgan fingerprint density at radius 2 is 2.19 bits per heavy atom. The molecule has 0 spiro atoms. The van der Waals surface area contributed by atoms with Crippen LogP contribution in [0.4, 0.5) is 4.79 Å². The van der Waals surface area contributed by atoms with Crippen LogP contribution in [0.25, 0.3) is 0 Å². The SMILES string of the molecule is C=CCC1CNC(=O)N1Cc1ccccc1. The second-order valence-corrected chi connectivity index (χ2v) is 3.98. The summed E-state index contributed by atoms with van der Waals surface area (Å²) >= 11 is 0. The number of nitrogens with one attached hydrogen (secondary N) is 1. The van der Waals surface area contributed by atoms with Gasteiger partial charge in [-0.05, 0) is 12.0 Å². The second-order valence-electron chi connectivity index (χ2n) is 3.98. The van der Waals surface area contributed by atoms with Crippen LogP contribution in [-0.4, -0.2) is 23.5 Å². The number of carbonyl (C=O) groups is 1. The van der Waals surface area contributed by atoms with E-state index in [4.69, 9.17) is 0 Å². The Hall–Kier alpha value is -1.77. The largest absolute Gasteiger partial charge is 0.336 e. The first kappa shape index (κ1) is 10.7. The Morgan fingerprint density at radius 3 is 2.88 bits per heavy atom. The molecular weight excluding hydrogens is 200 g/mol. The number of rotatable bonds is 4. The maximum Gasteiger partial charge on any atom is 0.318 e. The summed E-state index contributed by atoms with van der Waals surface area (Å²) in [5, 5.41) is 2.86. The zero-order chi connectivity index (χ0) is 11.4. The van der Waals surface area contributed by atoms with Crippen LogP contribution in [0.3, 0.4) is 0 Å². The molecule has 1 aliphatic heterocycles. The van der Waals surface area contributed by atoms with Gasteiger partial charge in [-0.15, -0.1) is 6.58 Å². The Kier molecular flexibility index (Phi) is 3.25. The Labute approximate surface area is 95.8 Å². The number of nitrogens with zero attached hydrogens (tertiary/aromatic N) is 1. The van der Waals surface area contributed by atoms with Crippen LogP contribution in [-0.2, 0) is 6.54 Å². The molecule has 0 aromatic heterocycles. The molecule has 1 aromatic carbocycles. The van der Waals surface area contributed by atoms with Crippen molar-refractivity contribution in [1.29, 1.82) is 0 Å². The maximum absolute atomic E-state index is 11.6. The lowest BCUT2D eigenvalue weighted by Gasteiger charge is -2.22. The highest BCUT2D eigenvalue weighted by atomic mass is 16.2. The van der Waals surface area contributed by atoms with Crippen molar-refractivity contribution < 1.29 is 4.79 Å². The minimum absolute atomic E-state index is 0.0238. The van der Waals surface area contributed by atoms with Gasteiger partial charge in [0.2, 0.25) is 0 Å². The summed E-state index contributed by atoms with van der Waals surface area (Å²) in [6, 6.07) is 10.3. The predicted molar refractivity (Wildman–Crippen MR) is 64.0 cm³/mol. The zero-order valence-corrected chi connectivity index (χ0v) is 9.23. The molecule has 1 N–H and O–H groups in total. The number of amides is 2. The van der Waals surface area contributed by atoms with Crippen LogP contribution < -0.4 is 5.32 Å². The fourth-order valence-corrected chi connectivity index (χ4v) is 1.97. The third-order valence-corrected chi connectivity index (χ3v) is 2.83.